The topological polar surface area (TPSA) is 26.3 Å². The van der Waals surface area contributed by atoms with Gasteiger partial charge in [-0.25, -0.2) is 0 Å². The van der Waals surface area contributed by atoms with Crippen molar-refractivity contribution in [3.8, 4) is 0 Å². The molecular formula is C14H12O2Se. The van der Waals surface area contributed by atoms with E-state index in [9.17, 15) is 3.83 Å². The second-order valence-electron chi connectivity index (χ2n) is 3.98. The van der Waals surface area contributed by atoms with E-state index in [2.05, 4.69) is 0 Å². The first-order chi connectivity index (χ1) is 8.36. The van der Waals surface area contributed by atoms with Gasteiger partial charge in [-0.2, -0.15) is 0 Å². The van der Waals surface area contributed by atoms with Crippen LogP contribution in [0.1, 0.15) is 11.1 Å². The van der Waals surface area contributed by atoms with E-state index in [0.29, 0.717) is 13.2 Å². The second kappa shape index (κ2) is 4.53. The quantitative estimate of drug-likeness (QED) is 0.683. The molecule has 0 spiro atoms. The van der Waals surface area contributed by atoms with E-state index in [4.69, 9.17) is 4.74 Å². The summed E-state index contributed by atoms with van der Waals surface area (Å²) in [5.41, 5.74) is 2.11. The molecule has 0 aromatic heterocycles. The molecule has 1 aliphatic rings. The Bertz CT molecular complexity index is 528. The molecule has 17 heavy (non-hydrogen) atoms. The van der Waals surface area contributed by atoms with Gasteiger partial charge in [-0.1, -0.05) is 0 Å². The summed E-state index contributed by atoms with van der Waals surface area (Å²) in [4.78, 5) is 0. The zero-order valence-corrected chi connectivity index (χ0v) is 11.0. The first kappa shape index (κ1) is 10.8. The molecule has 1 heterocycles. The van der Waals surface area contributed by atoms with Crippen LogP contribution in [0.25, 0.3) is 0 Å². The van der Waals surface area contributed by atoms with Crippen molar-refractivity contribution in [2.45, 2.75) is 13.2 Å². The zero-order valence-electron chi connectivity index (χ0n) is 9.26. The molecular weight excluding hydrogens is 279 g/mol. The maximum atomic E-state index is 12.6. The molecule has 0 atom stereocenters. The van der Waals surface area contributed by atoms with Gasteiger partial charge in [0.15, 0.2) is 0 Å². The summed E-state index contributed by atoms with van der Waals surface area (Å²) >= 11 is -2.14. The van der Waals surface area contributed by atoms with Crippen LogP contribution in [0.15, 0.2) is 48.5 Å². The van der Waals surface area contributed by atoms with Gasteiger partial charge in [0, 0.05) is 0 Å². The monoisotopic (exact) mass is 292 g/mol. The molecule has 86 valence electrons. The first-order valence-corrected chi connectivity index (χ1v) is 7.93. The molecule has 0 fully saturated rings. The van der Waals surface area contributed by atoms with Gasteiger partial charge in [0.1, 0.15) is 0 Å². The van der Waals surface area contributed by atoms with Crippen LogP contribution in [0.4, 0.5) is 0 Å². The summed E-state index contributed by atoms with van der Waals surface area (Å²) in [6, 6.07) is 15.7. The summed E-state index contributed by atoms with van der Waals surface area (Å²) < 4.78 is 20.2. The Hall–Kier alpha value is -1.28. The third-order valence-electron chi connectivity index (χ3n) is 2.86. The number of ether oxygens (including phenoxy) is 1. The normalized spacial score (nSPS) is 15.5. The molecule has 0 N–H and O–H groups in total. The molecule has 2 aromatic rings. The van der Waals surface area contributed by atoms with Crippen molar-refractivity contribution in [1.82, 2.24) is 0 Å². The van der Waals surface area contributed by atoms with Gasteiger partial charge in [0.05, 0.1) is 0 Å². The average Bonchev–Trinajstić information content (AvgIpc) is 2.37. The van der Waals surface area contributed by atoms with Crippen LogP contribution in [0.5, 0.6) is 0 Å². The van der Waals surface area contributed by atoms with Gasteiger partial charge < -0.3 is 0 Å². The minimum atomic E-state index is -2.14. The fourth-order valence-corrected chi connectivity index (χ4v) is 4.87. The number of fused-ring (bicyclic) bond motifs is 2. The molecule has 0 bridgehead atoms. The molecule has 0 saturated carbocycles. The van der Waals surface area contributed by atoms with Crippen molar-refractivity contribution in [2.75, 3.05) is 0 Å². The molecule has 3 rings (SSSR count). The summed E-state index contributed by atoms with van der Waals surface area (Å²) in [6.07, 6.45) is 0. The Morgan fingerprint density at radius 1 is 0.824 bits per heavy atom. The van der Waals surface area contributed by atoms with Crippen LogP contribution >= 0.6 is 0 Å². The van der Waals surface area contributed by atoms with Crippen molar-refractivity contribution in [3.05, 3.63) is 59.7 Å². The van der Waals surface area contributed by atoms with Crippen LogP contribution in [0.3, 0.4) is 0 Å². The van der Waals surface area contributed by atoms with E-state index in [1.54, 1.807) is 0 Å². The molecule has 0 saturated heterocycles. The first-order valence-electron chi connectivity index (χ1n) is 5.51. The molecule has 0 amide bonds. The minimum absolute atomic E-state index is 0.548. The Kier molecular flexibility index (Phi) is 2.89. The van der Waals surface area contributed by atoms with Gasteiger partial charge >= 0.3 is 104 Å². The molecule has 0 unspecified atom stereocenters. The predicted octanol–water partition coefficient (Wildman–Crippen LogP) is 1.25. The number of hydrogen-bond donors (Lipinski definition) is 0. The Balaban J connectivity index is 2.18. The zero-order chi connectivity index (χ0) is 11.7. The van der Waals surface area contributed by atoms with Crippen LogP contribution in [-0.4, -0.2) is 13.8 Å². The van der Waals surface area contributed by atoms with Crippen LogP contribution in [0, 0.1) is 0 Å². The predicted molar refractivity (Wildman–Crippen MR) is 67.1 cm³/mol. The third-order valence-corrected chi connectivity index (χ3v) is 6.21. The fraction of sp³-hybridized carbons (Fsp3) is 0.143. The Morgan fingerprint density at radius 3 is 1.82 bits per heavy atom. The molecule has 3 heteroatoms. The fourth-order valence-electron chi connectivity index (χ4n) is 2.00. The third kappa shape index (κ3) is 1.98. The van der Waals surface area contributed by atoms with E-state index in [0.717, 1.165) is 20.1 Å². The molecule has 1 aliphatic heterocycles. The van der Waals surface area contributed by atoms with Crippen molar-refractivity contribution in [1.29, 1.82) is 0 Å². The van der Waals surface area contributed by atoms with Gasteiger partial charge in [-0.3, -0.25) is 0 Å². The summed E-state index contributed by atoms with van der Waals surface area (Å²) in [7, 11) is 0. The Labute approximate surface area is 104 Å². The summed E-state index contributed by atoms with van der Waals surface area (Å²) in [6.45, 7) is 1.10. The Morgan fingerprint density at radius 2 is 1.29 bits per heavy atom. The van der Waals surface area contributed by atoms with Gasteiger partial charge in [-0.15, -0.1) is 0 Å². The van der Waals surface area contributed by atoms with Crippen molar-refractivity contribution >= 4 is 22.8 Å². The van der Waals surface area contributed by atoms with Gasteiger partial charge in [-0.05, 0) is 0 Å². The standard InChI is InChI=1S/C14H12O2Se/c15-17-13-7-3-1-5-11(13)9-16-10-12-6-2-4-8-14(12)17/h1-8H,9-10H2. The van der Waals surface area contributed by atoms with E-state index >= 15 is 0 Å². The number of benzene rings is 2. The SMILES string of the molecule is O=[Se]1c2ccccc2COCc2ccccc21. The van der Waals surface area contributed by atoms with E-state index in [1.807, 2.05) is 48.5 Å². The molecule has 0 aliphatic carbocycles. The van der Waals surface area contributed by atoms with Crippen molar-refractivity contribution < 1.29 is 8.57 Å². The van der Waals surface area contributed by atoms with Crippen molar-refractivity contribution in [3.63, 3.8) is 0 Å². The van der Waals surface area contributed by atoms with Crippen LogP contribution in [-0.2, 0) is 21.8 Å². The summed E-state index contributed by atoms with van der Waals surface area (Å²) in [5, 5.41) is 0. The molecule has 2 aromatic carbocycles. The second-order valence-corrected chi connectivity index (χ2v) is 6.95. The van der Waals surface area contributed by atoms with Crippen LogP contribution in [0.2, 0.25) is 0 Å². The maximum absolute atomic E-state index is 12.6. The van der Waals surface area contributed by atoms with Gasteiger partial charge in [0.25, 0.3) is 0 Å². The molecule has 0 radical (unpaired) electrons. The molecule has 2 nitrogen and oxygen atoms in total. The number of hydrogen-bond acceptors (Lipinski definition) is 2. The number of rotatable bonds is 0. The van der Waals surface area contributed by atoms with E-state index < -0.39 is 13.8 Å². The van der Waals surface area contributed by atoms with Crippen molar-refractivity contribution in [2.24, 2.45) is 0 Å². The summed E-state index contributed by atoms with van der Waals surface area (Å²) in [5.74, 6) is 0. The van der Waals surface area contributed by atoms with Crippen LogP contribution < -0.4 is 8.92 Å². The van der Waals surface area contributed by atoms with Gasteiger partial charge in [0.2, 0.25) is 0 Å². The van der Waals surface area contributed by atoms with E-state index in [1.165, 1.54) is 0 Å². The average molecular weight is 291 g/mol. The van der Waals surface area contributed by atoms with E-state index in [-0.39, 0.29) is 0 Å².